The lowest BCUT2D eigenvalue weighted by Gasteiger charge is -2.07. The Morgan fingerprint density at radius 2 is 2.15 bits per heavy atom. The summed E-state index contributed by atoms with van der Waals surface area (Å²) in [5.41, 5.74) is 2.57. The van der Waals surface area contributed by atoms with Crippen molar-refractivity contribution in [2.45, 2.75) is 25.0 Å². The molecule has 0 aliphatic carbocycles. The number of benzene rings is 1. The van der Waals surface area contributed by atoms with Crippen LogP contribution in [0.15, 0.2) is 24.4 Å². The molecule has 1 aliphatic rings. The Hall–Kier alpha value is -1.80. The first-order valence-electron chi connectivity index (χ1n) is 8.49. The van der Waals surface area contributed by atoms with Gasteiger partial charge < -0.3 is 9.72 Å². The molecule has 0 radical (unpaired) electrons. The summed E-state index contributed by atoms with van der Waals surface area (Å²) in [6, 6.07) is 5.79. The van der Waals surface area contributed by atoms with Crippen LogP contribution in [0.5, 0.6) is 0 Å². The minimum atomic E-state index is -2.96. The molecular formula is C18H21NO5S2. The zero-order valence-corrected chi connectivity index (χ0v) is 16.1. The number of carbonyl (C=O) groups excluding carboxylic acids is 2. The highest BCUT2D eigenvalue weighted by molar-refractivity contribution is 8.02. The number of nitrogens with one attached hydrogen (secondary N) is 1. The second-order valence-corrected chi connectivity index (χ2v) is 9.83. The van der Waals surface area contributed by atoms with Crippen LogP contribution >= 0.6 is 11.8 Å². The molecule has 6 nitrogen and oxygen atoms in total. The van der Waals surface area contributed by atoms with Crippen LogP contribution in [-0.2, 0) is 25.8 Å². The average Bonchev–Trinajstić information content (AvgIpc) is 3.20. The number of H-pyrrole nitrogens is 1. The number of aryl methyl sites for hydroxylation is 1. The van der Waals surface area contributed by atoms with E-state index < -0.39 is 15.8 Å². The summed E-state index contributed by atoms with van der Waals surface area (Å²) in [6.45, 7) is 1.73. The van der Waals surface area contributed by atoms with Crippen molar-refractivity contribution in [3.8, 4) is 0 Å². The zero-order chi connectivity index (χ0) is 18.7. The van der Waals surface area contributed by atoms with Gasteiger partial charge in [0.05, 0.1) is 17.3 Å². The predicted molar refractivity (Wildman–Crippen MR) is 102 cm³/mol. The van der Waals surface area contributed by atoms with E-state index in [9.17, 15) is 18.0 Å². The number of hydrogen-bond donors (Lipinski definition) is 1. The van der Waals surface area contributed by atoms with Crippen molar-refractivity contribution in [2.75, 3.05) is 23.9 Å². The van der Waals surface area contributed by atoms with E-state index in [2.05, 4.69) is 4.98 Å². The second kappa shape index (κ2) is 7.84. The molecule has 3 rings (SSSR count). The van der Waals surface area contributed by atoms with Crippen LogP contribution < -0.4 is 0 Å². The highest BCUT2D eigenvalue weighted by atomic mass is 32.2. The minimum Gasteiger partial charge on any atom is -0.457 e. The lowest BCUT2D eigenvalue weighted by Crippen LogP contribution is -2.17. The van der Waals surface area contributed by atoms with Crippen LogP contribution in [-0.4, -0.2) is 54.3 Å². The molecular weight excluding hydrogens is 374 g/mol. The number of para-hydroxylation sites is 1. The smallest absolute Gasteiger partial charge is 0.316 e. The number of ketones is 1. The zero-order valence-electron chi connectivity index (χ0n) is 14.5. The highest BCUT2D eigenvalue weighted by Crippen LogP contribution is 2.25. The SMILES string of the molecule is CCc1cccc2c(C(=O)COC(=O)CS[C@H]3CCS(=O)(=O)C3)c[nH]c12. The molecule has 0 spiro atoms. The van der Waals surface area contributed by atoms with E-state index in [-0.39, 0.29) is 34.9 Å². The number of aromatic nitrogens is 1. The summed E-state index contributed by atoms with van der Waals surface area (Å²) < 4.78 is 27.9. The lowest BCUT2D eigenvalue weighted by molar-refractivity contribution is -0.139. The summed E-state index contributed by atoms with van der Waals surface area (Å²) in [7, 11) is -2.96. The molecule has 1 aliphatic heterocycles. The molecule has 2 heterocycles. The average molecular weight is 396 g/mol. The number of rotatable bonds is 7. The van der Waals surface area contributed by atoms with Crippen molar-refractivity contribution in [1.82, 2.24) is 4.98 Å². The first kappa shape index (κ1) is 19.0. The van der Waals surface area contributed by atoms with E-state index >= 15 is 0 Å². The first-order valence-corrected chi connectivity index (χ1v) is 11.4. The maximum absolute atomic E-state index is 12.4. The van der Waals surface area contributed by atoms with Gasteiger partial charge in [-0.1, -0.05) is 25.1 Å². The first-order chi connectivity index (χ1) is 12.4. The normalized spacial score (nSPS) is 18.9. The molecule has 1 N–H and O–H groups in total. The Morgan fingerprint density at radius 3 is 2.85 bits per heavy atom. The van der Waals surface area contributed by atoms with Crippen LogP contribution in [0, 0.1) is 0 Å². The topological polar surface area (TPSA) is 93.3 Å². The van der Waals surface area contributed by atoms with E-state index in [1.54, 1.807) is 6.20 Å². The second-order valence-electron chi connectivity index (χ2n) is 6.32. The van der Waals surface area contributed by atoms with Crippen molar-refractivity contribution in [3.05, 3.63) is 35.5 Å². The van der Waals surface area contributed by atoms with Crippen LogP contribution in [0.2, 0.25) is 0 Å². The Bertz CT molecular complexity index is 932. The molecule has 26 heavy (non-hydrogen) atoms. The monoisotopic (exact) mass is 395 g/mol. The molecule has 2 aromatic rings. The summed E-state index contributed by atoms with van der Waals surface area (Å²) in [4.78, 5) is 27.4. The van der Waals surface area contributed by atoms with Gasteiger partial charge in [0, 0.05) is 27.9 Å². The molecule has 1 fully saturated rings. The third-order valence-electron chi connectivity index (χ3n) is 4.47. The maximum atomic E-state index is 12.4. The molecule has 1 aromatic carbocycles. The molecule has 0 saturated carbocycles. The van der Waals surface area contributed by atoms with Gasteiger partial charge in [0.1, 0.15) is 0 Å². The third kappa shape index (κ3) is 4.29. The van der Waals surface area contributed by atoms with Gasteiger partial charge in [0.15, 0.2) is 16.4 Å². The standard InChI is InChI=1S/C18H21NO5S2/c1-2-12-4-3-5-14-15(8-19-18(12)14)16(20)9-24-17(21)10-25-13-6-7-26(22,23)11-13/h3-5,8,13,19H,2,6-7,9-11H2,1H3/t13-/m0/s1. The summed E-state index contributed by atoms with van der Waals surface area (Å²) in [5.74, 6) is -0.410. The highest BCUT2D eigenvalue weighted by Gasteiger charge is 2.28. The number of esters is 1. The number of ether oxygens (including phenoxy) is 1. The molecule has 140 valence electrons. The van der Waals surface area contributed by atoms with Gasteiger partial charge in [0.25, 0.3) is 0 Å². The largest absolute Gasteiger partial charge is 0.457 e. The van der Waals surface area contributed by atoms with Crippen LogP contribution in [0.1, 0.15) is 29.3 Å². The van der Waals surface area contributed by atoms with Gasteiger partial charge in [-0.2, -0.15) is 0 Å². The Balaban J connectivity index is 1.53. The van der Waals surface area contributed by atoms with Crippen molar-refractivity contribution < 1.29 is 22.7 Å². The van der Waals surface area contributed by atoms with Gasteiger partial charge >= 0.3 is 5.97 Å². The van der Waals surface area contributed by atoms with Crippen LogP contribution in [0.4, 0.5) is 0 Å². The molecule has 0 bridgehead atoms. The van der Waals surface area contributed by atoms with Crippen molar-refractivity contribution in [3.63, 3.8) is 0 Å². The quantitative estimate of drug-likeness (QED) is 0.571. The molecule has 1 aromatic heterocycles. The van der Waals surface area contributed by atoms with Gasteiger partial charge in [-0.25, -0.2) is 8.42 Å². The fourth-order valence-corrected chi connectivity index (χ4v) is 6.53. The lowest BCUT2D eigenvalue weighted by atomic mass is 10.1. The summed E-state index contributed by atoms with van der Waals surface area (Å²) in [6.07, 6.45) is 3.07. The fraction of sp³-hybridized carbons (Fsp3) is 0.444. The Morgan fingerprint density at radius 1 is 1.35 bits per heavy atom. The van der Waals surface area contributed by atoms with Gasteiger partial charge in [0.2, 0.25) is 5.78 Å². The number of fused-ring (bicyclic) bond motifs is 1. The molecule has 8 heteroatoms. The maximum Gasteiger partial charge on any atom is 0.316 e. The van der Waals surface area contributed by atoms with Crippen molar-refractivity contribution in [2.24, 2.45) is 0 Å². The van der Waals surface area contributed by atoms with E-state index in [0.29, 0.717) is 12.0 Å². The molecule has 0 unspecified atom stereocenters. The van der Waals surface area contributed by atoms with Crippen molar-refractivity contribution >= 4 is 44.3 Å². The van der Waals surface area contributed by atoms with E-state index in [1.165, 1.54) is 11.8 Å². The van der Waals surface area contributed by atoms with Crippen LogP contribution in [0.3, 0.4) is 0 Å². The van der Waals surface area contributed by atoms with Gasteiger partial charge in [-0.3, -0.25) is 9.59 Å². The predicted octanol–water partition coefficient (Wildman–Crippen LogP) is 2.38. The van der Waals surface area contributed by atoms with Crippen LogP contribution in [0.25, 0.3) is 10.9 Å². The van der Waals surface area contributed by atoms with Gasteiger partial charge in [-0.15, -0.1) is 11.8 Å². The fourth-order valence-electron chi connectivity index (χ4n) is 3.09. The number of aromatic amines is 1. The van der Waals surface area contributed by atoms with E-state index in [1.807, 2.05) is 25.1 Å². The molecule has 1 saturated heterocycles. The van der Waals surface area contributed by atoms with Gasteiger partial charge in [-0.05, 0) is 18.4 Å². The Kier molecular flexibility index (Phi) is 5.72. The number of Topliss-reactive ketones (excluding diaryl/α,β-unsaturated/α-hetero) is 1. The number of carbonyl (C=O) groups is 2. The van der Waals surface area contributed by atoms with E-state index in [4.69, 9.17) is 4.74 Å². The van der Waals surface area contributed by atoms with Crippen molar-refractivity contribution in [1.29, 1.82) is 0 Å². The molecule has 0 amide bonds. The number of sulfone groups is 1. The number of hydrogen-bond acceptors (Lipinski definition) is 6. The summed E-state index contributed by atoms with van der Waals surface area (Å²) >= 11 is 1.28. The van der Waals surface area contributed by atoms with E-state index in [0.717, 1.165) is 22.9 Å². The minimum absolute atomic E-state index is 0.0569. The number of thioether (sulfide) groups is 1. The molecule has 1 atom stereocenters. The third-order valence-corrected chi connectivity index (χ3v) is 7.73. The summed E-state index contributed by atoms with van der Waals surface area (Å²) in [5, 5.41) is 0.764. The Labute approximate surface area is 156 Å².